The molecule has 5 aromatic carbocycles. The number of hydrogen-bond acceptors (Lipinski definition) is 5. The molecule has 1 N–H and O–H groups in total. The van der Waals surface area contributed by atoms with E-state index in [-0.39, 0.29) is 0 Å². The van der Waals surface area contributed by atoms with Gasteiger partial charge in [-0.25, -0.2) is 4.68 Å². The van der Waals surface area contributed by atoms with Gasteiger partial charge in [-0.2, -0.15) is 5.10 Å². The number of tetrazole rings is 1. The van der Waals surface area contributed by atoms with Gasteiger partial charge >= 0.3 is 0 Å². The predicted molar refractivity (Wildman–Crippen MR) is 201 cm³/mol. The molecule has 0 saturated heterocycles. The van der Waals surface area contributed by atoms with Gasteiger partial charge in [0.15, 0.2) is 11.5 Å². The highest BCUT2D eigenvalue weighted by Gasteiger charge is 2.42. The molecule has 8 heteroatoms. The Morgan fingerprint density at radius 1 is 0.647 bits per heavy atom. The van der Waals surface area contributed by atoms with Crippen molar-refractivity contribution in [3.05, 3.63) is 179 Å². The Labute approximate surface area is 297 Å². The molecule has 3 aromatic heterocycles. The molecule has 0 aliphatic rings. The fraction of sp³-hybridized carbons (Fsp3) is 0.186. The summed E-state index contributed by atoms with van der Waals surface area (Å²) in [6.07, 6.45) is 4.79. The maximum atomic E-state index is 4.87. The summed E-state index contributed by atoms with van der Waals surface area (Å²) in [5.41, 5.74) is 10.0. The Balaban J connectivity index is 1.22. The molecule has 0 amide bonds. The fourth-order valence-electron chi connectivity index (χ4n) is 7.27. The van der Waals surface area contributed by atoms with E-state index in [0.29, 0.717) is 5.82 Å². The summed E-state index contributed by atoms with van der Waals surface area (Å²) in [5.74, 6) is 1.63. The van der Waals surface area contributed by atoms with Crippen LogP contribution >= 0.6 is 0 Å². The van der Waals surface area contributed by atoms with E-state index in [1.54, 1.807) is 4.63 Å². The van der Waals surface area contributed by atoms with Crippen molar-refractivity contribution in [1.29, 1.82) is 0 Å². The zero-order valence-corrected chi connectivity index (χ0v) is 28.9. The molecule has 51 heavy (non-hydrogen) atoms. The van der Waals surface area contributed by atoms with Crippen molar-refractivity contribution in [2.45, 2.75) is 51.5 Å². The van der Waals surface area contributed by atoms with E-state index < -0.39 is 5.54 Å². The van der Waals surface area contributed by atoms with E-state index >= 15 is 0 Å². The van der Waals surface area contributed by atoms with Crippen LogP contribution in [0, 0.1) is 0 Å². The van der Waals surface area contributed by atoms with Gasteiger partial charge in [0.1, 0.15) is 11.4 Å². The Kier molecular flexibility index (Phi) is 8.80. The van der Waals surface area contributed by atoms with E-state index in [1.807, 2.05) is 22.9 Å². The Hall–Kier alpha value is -6.15. The highest BCUT2D eigenvalue weighted by molar-refractivity contribution is 5.81. The first-order valence-corrected chi connectivity index (χ1v) is 17.8. The molecule has 0 unspecified atom stereocenters. The van der Waals surface area contributed by atoms with Crippen LogP contribution in [0.5, 0.6) is 0 Å². The Morgan fingerprint density at radius 2 is 1.24 bits per heavy atom. The number of H-pyrrole nitrogens is 1. The molecule has 0 radical (unpaired) electrons. The van der Waals surface area contributed by atoms with Crippen LogP contribution in [0.25, 0.3) is 28.2 Å². The van der Waals surface area contributed by atoms with Crippen LogP contribution in [0.3, 0.4) is 0 Å². The molecular formula is C43H40N8. The van der Waals surface area contributed by atoms with Crippen molar-refractivity contribution in [3.63, 3.8) is 0 Å². The molecule has 8 aromatic rings. The summed E-state index contributed by atoms with van der Waals surface area (Å²) in [7, 11) is 0. The zero-order chi connectivity index (χ0) is 34.6. The molecule has 0 atom stereocenters. The molecule has 3 heterocycles. The molecule has 0 fully saturated rings. The van der Waals surface area contributed by atoms with Gasteiger partial charge in [-0.1, -0.05) is 160 Å². The van der Waals surface area contributed by atoms with Crippen LogP contribution in [0.4, 0.5) is 0 Å². The van der Waals surface area contributed by atoms with E-state index in [2.05, 4.69) is 150 Å². The number of nitrogens with one attached hydrogen (secondary N) is 1. The number of rotatable bonds is 12. The van der Waals surface area contributed by atoms with Gasteiger partial charge in [0.2, 0.25) is 0 Å². The maximum absolute atomic E-state index is 4.87. The van der Waals surface area contributed by atoms with Crippen LogP contribution in [-0.2, 0) is 24.8 Å². The Bertz CT molecular complexity index is 2260. The highest BCUT2D eigenvalue weighted by Crippen LogP contribution is 2.43. The molecule has 0 spiro atoms. The minimum absolute atomic E-state index is 0.681. The van der Waals surface area contributed by atoms with Crippen LogP contribution in [0.15, 0.2) is 140 Å². The number of aromatic nitrogens is 8. The van der Waals surface area contributed by atoms with Gasteiger partial charge in [0, 0.05) is 24.0 Å². The minimum atomic E-state index is -0.837. The molecule has 0 aliphatic heterocycles. The lowest BCUT2D eigenvalue weighted by Crippen LogP contribution is -2.39. The molecule has 8 rings (SSSR count). The number of aryl methyl sites for hydroxylation is 2. The number of hydrogen-bond donors (Lipinski definition) is 1. The summed E-state index contributed by atoms with van der Waals surface area (Å²) in [6.45, 7) is 4.32. The second-order valence-electron chi connectivity index (χ2n) is 12.9. The third-order valence-electron chi connectivity index (χ3n) is 9.81. The summed E-state index contributed by atoms with van der Waals surface area (Å²) in [6, 6.07) is 48.8. The smallest absolute Gasteiger partial charge is 0.184 e. The van der Waals surface area contributed by atoms with Gasteiger partial charge in [0.05, 0.1) is 5.69 Å². The lowest BCUT2D eigenvalue weighted by Gasteiger charge is -2.36. The summed E-state index contributed by atoms with van der Waals surface area (Å²) in [5, 5.41) is 23.4. The lowest BCUT2D eigenvalue weighted by molar-refractivity contribution is 0.451. The van der Waals surface area contributed by atoms with Crippen molar-refractivity contribution in [1.82, 2.24) is 40.0 Å². The van der Waals surface area contributed by atoms with E-state index in [4.69, 9.17) is 15.4 Å². The first-order valence-electron chi connectivity index (χ1n) is 17.8. The topological polar surface area (TPSA) is 89.6 Å². The first kappa shape index (κ1) is 32.1. The van der Waals surface area contributed by atoms with Crippen LogP contribution in [0.2, 0.25) is 0 Å². The molecular weight excluding hydrogens is 629 g/mol. The molecule has 8 nitrogen and oxygen atoms in total. The van der Waals surface area contributed by atoms with Crippen molar-refractivity contribution >= 4 is 5.65 Å². The quantitative estimate of drug-likeness (QED) is 0.132. The second kappa shape index (κ2) is 14.0. The average molecular weight is 669 g/mol. The largest absolute Gasteiger partial charge is 0.325 e. The summed E-state index contributed by atoms with van der Waals surface area (Å²) in [4.78, 5) is 3.51. The number of aromatic amines is 1. The number of unbranched alkanes of at least 4 members (excludes halogenated alkanes) is 1. The van der Waals surface area contributed by atoms with Crippen molar-refractivity contribution in [3.8, 4) is 22.5 Å². The van der Waals surface area contributed by atoms with Gasteiger partial charge in [-0.15, -0.1) is 14.8 Å². The number of fused-ring (bicyclic) bond motifs is 1. The highest BCUT2D eigenvalue weighted by atomic mass is 15.6. The predicted octanol–water partition coefficient (Wildman–Crippen LogP) is 8.71. The second-order valence-corrected chi connectivity index (χ2v) is 12.9. The molecule has 0 bridgehead atoms. The standard InChI is InChI=1S/C43H40N8/c1-3-5-25-39-38(41-44-40(4-2)47-51(41)46-39)30-31-26-28-32(29-27-31)36-23-15-16-24-37(36)42-45-48-49-50(42)43(33-17-9-6-10-18-33,34-19-11-7-12-20-34)35-21-13-8-14-22-35/h6-24,26-29H,3-5,25,30H2,1-2H3,(H,44,47). The third-order valence-corrected chi connectivity index (χ3v) is 9.81. The van der Waals surface area contributed by atoms with Gasteiger partial charge in [-0.05, 0) is 56.6 Å². The van der Waals surface area contributed by atoms with Crippen LogP contribution in [0.1, 0.15) is 66.0 Å². The van der Waals surface area contributed by atoms with Gasteiger partial charge in [0.25, 0.3) is 0 Å². The molecule has 0 aliphatic carbocycles. The first-order chi connectivity index (χ1) is 25.2. The molecule has 252 valence electrons. The van der Waals surface area contributed by atoms with Crippen LogP contribution in [-0.4, -0.2) is 40.0 Å². The summed E-state index contributed by atoms with van der Waals surface area (Å²) < 4.78 is 3.78. The van der Waals surface area contributed by atoms with Gasteiger partial charge < -0.3 is 4.98 Å². The Morgan fingerprint density at radius 3 is 1.82 bits per heavy atom. The normalized spacial score (nSPS) is 11.7. The number of benzene rings is 5. The lowest BCUT2D eigenvalue weighted by atomic mass is 9.77. The van der Waals surface area contributed by atoms with E-state index in [9.17, 15) is 0 Å². The maximum Gasteiger partial charge on any atom is 0.184 e. The SMILES string of the molecule is CCCCc1nn2nc(CC)[nH]c2c1Cc1ccc(-c2ccccc2-c2nnnn2C(c2ccccc2)(c2ccccc2)c2ccccc2)cc1. The van der Waals surface area contributed by atoms with Crippen molar-refractivity contribution < 1.29 is 0 Å². The average Bonchev–Trinajstić information content (AvgIpc) is 3.92. The zero-order valence-electron chi connectivity index (χ0n) is 28.9. The van der Waals surface area contributed by atoms with Crippen LogP contribution < -0.4 is 0 Å². The summed E-state index contributed by atoms with van der Waals surface area (Å²) >= 11 is 0. The molecule has 0 saturated carbocycles. The monoisotopic (exact) mass is 668 g/mol. The fourth-order valence-corrected chi connectivity index (χ4v) is 7.27. The minimum Gasteiger partial charge on any atom is -0.325 e. The van der Waals surface area contributed by atoms with E-state index in [1.165, 1.54) is 11.1 Å². The van der Waals surface area contributed by atoms with Gasteiger partial charge in [-0.3, -0.25) is 0 Å². The van der Waals surface area contributed by atoms with E-state index in [0.717, 1.165) is 82.7 Å². The van der Waals surface area contributed by atoms with Crippen molar-refractivity contribution in [2.75, 3.05) is 0 Å². The van der Waals surface area contributed by atoms with Crippen molar-refractivity contribution in [2.24, 2.45) is 0 Å². The number of nitrogens with zero attached hydrogens (tertiary/aromatic N) is 7. The third kappa shape index (κ3) is 5.82.